The number of likely N-dealkylation sites (tertiary alicyclic amines) is 1. The fourth-order valence-electron chi connectivity index (χ4n) is 5.43. The number of aliphatic carboxylic acids is 1. The van der Waals surface area contributed by atoms with E-state index in [1.165, 1.54) is 23.1 Å². The summed E-state index contributed by atoms with van der Waals surface area (Å²) in [5.41, 5.74) is -0.536. The molecule has 2 fully saturated rings. The first-order valence-corrected chi connectivity index (χ1v) is 17.6. The van der Waals surface area contributed by atoms with Crippen LogP contribution in [0.25, 0.3) is 10.2 Å². The minimum Gasteiger partial charge on any atom is -0.480 e. The highest BCUT2D eigenvalue weighted by molar-refractivity contribution is 8.00. The van der Waals surface area contributed by atoms with Crippen LogP contribution in [0.3, 0.4) is 0 Å². The molecule has 0 aromatic carbocycles. The average Bonchev–Trinajstić information content (AvgIpc) is 3.40. The van der Waals surface area contributed by atoms with Crippen LogP contribution in [-0.4, -0.2) is 138 Å². The molecule has 12 nitrogen and oxygen atoms in total. The number of aromatic nitrogens is 2. The predicted molar refractivity (Wildman–Crippen MR) is 179 cm³/mol. The maximum atomic E-state index is 12.2. The fraction of sp³-hybridized carbons (Fsp3) is 0.656. The first-order chi connectivity index (χ1) is 21.9. The number of aryl methyl sites for hydroxylation is 1. The van der Waals surface area contributed by atoms with Crippen molar-refractivity contribution in [3.05, 3.63) is 16.8 Å². The van der Waals surface area contributed by atoms with Crippen molar-refractivity contribution in [1.29, 1.82) is 0 Å². The fourth-order valence-corrected chi connectivity index (χ4v) is 7.27. The number of hydrogen-bond acceptors (Lipinski definition) is 12. The summed E-state index contributed by atoms with van der Waals surface area (Å²) in [4.78, 5) is 52.9. The molecule has 4 rings (SSSR count). The Morgan fingerprint density at radius 2 is 1.80 bits per heavy atom. The Labute approximate surface area is 279 Å². The van der Waals surface area contributed by atoms with Crippen molar-refractivity contribution < 1.29 is 29.0 Å². The van der Waals surface area contributed by atoms with E-state index in [0.29, 0.717) is 18.3 Å². The van der Waals surface area contributed by atoms with Gasteiger partial charge in [0.15, 0.2) is 0 Å². The standard InChI is InChI=1S/C32H46N6O6S2/c1-23-34-30(45-22-29(42)44-32(2,3)4)26-18-25(46-31(26)35-23)6-5-9-33-27(39)21-43-17-16-36-12-14-38(15-13-36)19-24-7-10-37(11-8-24)20-28(40)41/h18,24H,7-17,19-22H2,1-4H3,(H,33,39)(H,40,41). The Morgan fingerprint density at radius 1 is 1.09 bits per heavy atom. The van der Waals surface area contributed by atoms with Crippen molar-refractivity contribution >= 4 is 51.2 Å². The molecule has 2 saturated heterocycles. The highest BCUT2D eigenvalue weighted by Gasteiger charge is 2.25. The SMILES string of the molecule is Cc1nc(SCC(=O)OC(C)(C)C)c2cc(C#CCNC(=O)COCCN3CCN(CC4CCN(CC(=O)O)CC4)CC3)sc2n1. The lowest BCUT2D eigenvalue weighted by Gasteiger charge is -2.38. The largest absolute Gasteiger partial charge is 0.480 e. The summed E-state index contributed by atoms with van der Waals surface area (Å²) < 4.78 is 11.0. The van der Waals surface area contributed by atoms with E-state index < -0.39 is 11.6 Å². The summed E-state index contributed by atoms with van der Waals surface area (Å²) in [5, 5.41) is 13.3. The highest BCUT2D eigenvalue weighted by atomic mass is 32.2. The van der Waals surface area contributed by atoms with E-state index in [-0.39, 0.29) is 37.3 Å². The second kappa shape index (κ2) is 17.4. The molecule has 0 radical (unpaired) electrons. The van der Waals surface area contributed by atoms with Crippen LogP contribution in [0.1, 0.15) is 44.3 Å². The topological polar surface area (TPSA) is 137 Å². The molecule has 2 aliphatic heterocycles. The number of piperidine rings is 1. The Hall–Kier alpha value is -2.80. The molecule has 252 valence electrons. The van der Waals surface area contributed by atoms with E-state index in [1.54, 1.807) is 0 Å². The summed E-state index contributed by atoms with van der Waals surface area (Å²) in [7, 11) is 0. The quantitative estimate of drug-likeness (QED) is 0.106. The second-order valence-corrected chi connectivity index (χ2v) is 14.7. The van der Waals surface area contributed by atoms with Gasteiger partial charge in [0.25, 0.3) is 0 Å². The number of thioether (sulfide) groups is 1. The van der Waals surface area contributed by atoms with Gasteiger partial charge in [-0.05, 0) is 65.6 Å². The van der Waals surface area contributed by atoms with Crippen molar-refractivity contribution in [1.82, 2.24) is 30.0 Å². The zero-order valence-electron chi connectivity index (χ0n) is 27.3. The molecule has 0 aliphatic carbocycles. The molecule has 2 N–H and O–H groups in total. The maximum Gasteiger partial charge on any atom is 0.317 e. The van der Waals surface area contributed by atoms with Crippen LogP contribution >= 0.6 is 23.1 Å². The molecule has 0 saturated carbocycles. The number of fused-ring (bicyclic) bond motifs is 1. The number of esters is 1. The van der Waals surface area contributed by atoms with Crippen LogP contribution in [-0.2, 0) is 23.9 Å². The van der Waals surface area contributed by atoms with Crippen LogP contribution in [0.5, 0.6) is 0 Å². The number of carboxylic acid groups (broad SMARTS) is 1. The number of ether oxygens (including phenoxy) is 2. The molecule has 14 heteroatoms. The number of carbonyl (C=O) groups is 3. The molecular weight excluding hydrogens is 629 g/mol. The third kappa shape index (κ3) is 12.4. The lowest BCUT2D eigenvalue weighted by Crippen LogP contribution is -2.49. The average molecular weight is 675 g/mol. The van der Waals surface area contributed by atoms with Crippen LogP contribution in [0, 0.1) is 24.7 Å². The summed E-state index contributed by atoms with van der Waals surface area (Å²) in [5.74, 6) is 6.26. The summed E-state index contributed by atoms with van der Waals surface area (Å²) >= 11 is 2.78. The Kier molecular flexibility index (Phi) is 13.6. The van der Waals surface area contributed by atoms with E-state index in [2.05, 4.69) is 36.9 Å². The van der Waals surface area contributed by atoms with Gasteiger partial charge in [-0.3, -0.25) is 24.2 Å². The Morgan fingerprint density at radius 3 is 2.50 bits per heavy atom. The molecule has 2 aromatic rings. The molecule has 2 aromatic heterocycles. The third-order valence-electron chi connectivity index (χ3n) is 7.63. The van der Waals surface area contributed by atoms with Crippen LogP contribution < -0.4 is 5.32 Å². The molecule has 0 atom stereocenters. The van der Waals surface area contributed by atoms with E-state index in [1.807, 2.05) is 38.7 Å². The van der Waals surface area contributed by atoms with Crippen molar-refractivity contribution in [3.63, 3.8) is 0 Å². The van der Waals surface area contributed by atoms with Gasteiger partial charge in [-0.15, -0.1) is 11.3 Å². The Balaban J connectivity index is 1.09. The minimum atomic E-state index is -0.746. The van der Waals surface area contributed by atoms with E-state index >= 15 is 0 Å². The van der Waals surface area contributed by atoms with Crippen LogP contribution in [0.2, 0.25) is 0 Å². The number of carbonyl (C=O) groups excluding carboxylic acids is 2. The normalized spacial score (nSPS) is 17.0. The van der Waals surface area contributed by atoms with Crippen LogP contribution in [0.4, 0.5) is 0 Å². The van der Waals surface area contributed by atoms with Gasteiger partial charge in [0.05, 0.1) is 30.3 Å². The minimum absolute atomic E-state index is 0.00178. The van der Waals surface area contributed by atoms with E-state index in [4.69, 9.17) is 14.6 Å². The summed E-state index contributed by atoms with van der Waals surface area (Å²) in [6.45, 7) is 15.8. The van der Waals surface area contributed by atoms with Crippen molar-refractivity contribution in [2.75, 3.05) is 84.4 Å². The van der Waals surface area contributed by atoms with Gasteiger partial charge < -0.3 is 24.8 Å². The first kappa shape index (κ1) is 36.0. The second-order valence-electron chi connectivity index (χ2n) is 12.7. The maximum absolute atomic E-state index is 12.2. The van der Waals surface area contributed by atoms with E-state index in [0.717, 1.165) is 85.3 Å². The molecule has 46 heavy (non-hydrogen) atoms. The van der Waals surface area contributed by atoms with Crippen molar-refractivity contribution in [2.24, 2.45) is 5.92 Å². The summed E-state index contributed by atoms with van der Waals surface area (Å²) in [6.07, 6.45) is 2.13. The number of nitrogens with one attached hydrogen (secondary N) is 1. The lowest BCUT2D eigenvalue weighted by atomic mass is 9.96. The van der Waals surface area contributed by atoms with E-state index in [9.17, 15) is 14.4 Å². The first-order valence-electron chi connectivity index (χ1n) is 15.8. The number of hydrogen-bond donors (Lipinski definition) is 2. The van der Waals surface area contributed by atoms with Gasteiger partial charge in [0.2, 0.25) is 5.91 Å². The number of nitrogens with zero attached hydrogens (tertiary/aromatic N) is 5. The third-order valence-corrected chi connectivity index (χ3v) is 9.54. The smallest absolute Gasteiger partial charge is 0.317 e. The van der Waals surface area contributed by atoms with Gasteiger partial charge in [-0.2, -0.15) is 0 Å². The van der Waals surface area contributed by atoms with Crippen molar-refractivity contribution in [2.45, 2.75) is 51.2 Å². The zero-order chi connectivity index (χ0) is 33.1. The molecule has 4 heterocycles. The number of amides is 1. The van der Waals surface area contributed by atoms with Gasteiger partial charge in [0.1, 0.15) is 27.9 Å². The number of piperazine rings is 1. The van der Waals surface area contributed by atoms with Gasteiger partial charge in [0, 0.05) is 44.7 Å². The summed E-state index contributed by atoms with van der Waals surface area (Å²) in [6, 6.07) is 1.92. The molecule has 0 bridgehead atoms. The number of carboxylic acids is 1. The molecule has 1 amide bonds. The monoisotopic (exact) mass is 674 g/mol. The van der Waals surface area contributed by atoms with Crippen LogP contribution in [0.15, 0.2) is 11.1 Å². The van der Waals surface area contributed by atoms with Gasteiger partial charge in [-0.25, -0.2) is 9.97 Å². The molecule has 2 aliphatic rings. The van der Waals surface area contributed by atoms with Gasteiger partial charge >= 0.3 is 11.9 Å². The molecular formula is C32H46N6O6S2. The lowest BCUT2D eigenvalue weighted by molar-refractivity contribution is -0.151. The number of rotatable bonds is 13. The highest BCUT2D eigenvalue weighted by Crippen LogP contribution is 2.31. The zero-order valence-corrected chi connectivity index (χ0v) is 28.9. The number of thiophene rings is 1. The van der Waals surface area contributed by atoms with Gasteiger partial charge in [-0.1, -0.05) is 23.6 Å². The molecule has 0 unspecified atom stereocenters. The predicted octanol–water partition coefficient (Wildman–Crippen LogP) is 2.33. The Bertz CT molecular complexity index is 1400. The molecule has 0 spiro atoms. The van der Waals surface area contributed by atoms with Crippen molar-refractivity contribution in [3.8, 4) is 11.8 Å².